The largest absolute Gasteiger partial charge is 0.392 e. The van der Waals surface area contributed by atoms with Crippen LogP contribution in [0.25, 0.3) is 16.8 Å². The van der Waals surface area contributed by atoms with Crippen LogP contribution in [-0.4, -0.2) is 25.7 Å². The predicted octanol–water partition coefficient (Wildman–Crippen LogP) is 6.08. The number of hydrogen-bond donors (Lipinski definition) is 3. The molecule has 4 aromatic rings. The number of benzene rings is 2. The number of fused-ring (bicyclic) bond motifs is 2. The summed E-state index contributed by atoms with van der Waals surface area (Å²) in [5.74, 6) is 1.16. The fourth-order valence-electron chi connectivity index (χ4n) is 3.35. The zero-order chi connectivity index (χ0) is 22.1. The number of nitrogens with one attached hydrogen (secondary N) is 2. The minimum Gasteiger partial charge on any atom is -0.392 e. The number of aryl methyl sites for hydroxylation is 1. The first-order valence-electron chi connectivity index (χ1n) is 9.21. The van der Waals surface area contributed by atoms with Gasteiger partial charge in [0.05, 0.1) is 12.3 Å². The van der Waals surface area contributed by atoms with E-state index in [0.29, 0.717) is 32.8 Å². The molecule has 10 heteroatoms. The lowest BCUT2D eigenvalue weighted by molar-refractivity contribution is 0.282. The molecule has 0 unspecified atom stereocenters. The first-order chi connectivity index (χ1) is 14.9. The Kier molecular flexibility index (Phi) is 6.24. The standard InChI is InChI=1S/C14H12FN5S.C7H6Cl2O/c1-7-17-12-9-5-8(19-21-2)6-10(15)11(9)18-14-13(12)20(7)4-3-16-14;8-6-1-2-7(9)5(3-6)4-10/h3-6,19H,1-2H3,(H,16,18);1-3,10H,4H2. The van der Waals surface area contributed by atoms with Gasteiger partial charge in [0.2, 0.25) is 0 Å². The molecule has 0 fully saturated rings. The van der Waals surface area contributed by atoms with Gasteiger partial charge in [-0.15, -0.1) is 0 Å². The number of anilines is 3. The molecular formula is C21H18Cl2FN5OS. The van der Waals surface area contributed by atoms with Crippen LogP contribution in [0.5, 0.6) is 0 Å². The lowest BCUT2D eigenvalue weighted by Gasteiger charge is -2.19. The summed E-state index contributed by atoms with van der Waals surface area (Å²) in [4.78, 5) is 8.88. The van der Waals surface area contributed by atoms with Crippen molar-refractivity contribution in [3.05, 3.63) is 70.0 Å². The molecule has 0 saturated heterocycles. The molecule has 160 valence electrons. The summed E-state index contributed by atoms with van der Waals surface area (Å²) in [6.07, 6.45) is 5.44. The molecule has 1 aliphatic heterocycles. The van der Waals surface area contributed by atoms with Gasteiger partial charge in [0, 0.05) is 46.0 Å². The summed E-state index contributed by atoms with van der Waals surface area (Å²) in [5.41, 5.74) is 4.18. The molecule has 6 nitrogen and oxygen atoms in total. The third kappa shape index (κ3) is 4.16. The van der Waals surface area contributed by atoms with Gasteiger partial charge >= 0.3 is 0 Å². The normalized spacial score (nSPS) is 11.4. The van der Waals surface area contributed by atoms with Crippen LogP contribution < -0.4 is 10.0 Å². The highest BCUT2D eigenvalue weighted by atomic mass is 35.5. The Labute approximate surface area is 192 Å². The molecule has 2 aromatic heterocycles. The number of imidazole rings is 1. The first kappa shape index (κ1) is 21.7. The van der Waals surface area contributed by atoms with E-state index in [1.165, 1.54) is 18.0 Å². The molecule has 3 heterocycles. The Morgan fingerprint density at radius 1 is 1.26 bits per heavy atom. The number of aliphatic hydroxyl groups excluding tert-OH is 1. The van der Waals surface area contributed by atoms with Gasteiger partial charge in [-0.1, -0.05) is 35.1 Å². The van der Waals surface area contributed by atoms with Gasteiger partial charge in [-0.05, 0) is 36.8 Å². The second-order valence-corrected chi connectivity index (χ2v) is 8.16. The molecule has 3 N–H and O–H groups in total. The number of aromatic nitrogens is 3. The van der Waals surface area contributed by atoms with Crippen molar-refractivity contribution in [2.24, 2.45) is 0 Å². The van der Waals surface area contributed by atoms with Gasteiger partial charge in [-0.3, -0.25) is 4.40 Å². The van der Waals surface area contributed by atoms with E-state index in [1.807, 2.05) is 29.8 Å². The zero-order valence-electron chi connectivity index (χ0n) is 16.6. The SMILES string of the molecule is CSNc1cc(F)c2c(c1)-c1nc(C)n3ccnc(c13)N2.OCc1cc(Cl)ccc1Cl. The van der Waals surface area contributed by atoms with Gasteiger partial charge in [0.15, 0.2) is 5.82 Å². The van der Waals surface area contributed by atoms with Crippen LogP contribution in [0.3, 0.4) is 0 Å². The summed E-state index contributed by atoms with van der Waals surface area (Å²) in [7, 11) is 0. The molecule has 0 amide bonds. The smallest absolute Gasteiger partial charge is 0.157 e. The molecule has 0 atom stereocenters. The summed E-state index contributed by atoms with van der Waals surface area (Å²) in [6, 6.07) is 8.36. The van der Waals surface area contributed by atoms with E-state index in [-0.39, 0.29) is 12.4 Å². The van der Waals surface area contributed by atoms with E-state index in [4.69, 9.17) is 28.3 Å². The van der Waals surface area contributed by atoms with Crippen molar-refractivity contribution in [3.8, 4) is 11.3 Å². The third-order valence-corrected chi connectivity index (χ3v) is 5.76. The molecule has 0 spiro atoms. The number of halogens is 3. The van der Waals surface area contributed by atoms with Gasteiger partial charge in [0.25, 0.3) is 0 Å². The van der Waals surface area contributed by atoms with Crippen LogP contribution in [-0.2, 0) is 6.61 Å². The minimum absolute atomic E-state index is 0.0700. The highest BCUT2D eigenvalue weighted by Gasteiger charge is 2.25. The van der Waals surface area contributed by atoms with Gasteiger partial charge in [-0.25, -0.2) is 14.4 Å². The fraction of sp³-hybridized carbons (Fsp3) is 0.143. The Balaban J connectivity index is 0.000000196. The molecule has 2 aromatic carbocycles. The Bertz CT molecular complexity index is 1280. The van der Waals surface area contributed by atoms with Gasteiger partial charge < -0.3 is 15.1 Å². The van der Waals surface area contributed by atoms with E-state index in [1.54, 1.807) is 24.4 Å². The van der Waals surface area contributed by atoms with Crippen molar-refractivity contribution in [2.75, 3.05) is 16.3 Å². The average Bonchev–Trinajstić information content (AvgIpc) is 3.10. The van der Waals surface area contributed by atoms with Crippen molar-refractivity contribution in [1.29, 1.82) is 0 Å². The Hall–Kier alpha value is -2.52. The topological polar surface area (TPSA) is 74.5 Å². The summed E-state index contributed by atoms with van der Waals surface area (Å²) in [5, 5.41) is 12.9. The van der Waals surface area contributed by atoms with Crippen molar-refractivity contribution in [2.45, 2.75) is 13.5 Å². The lowest BCUT2D eigenvalue weighted by atomic mass is 10.0. The maximum absolute atomic E-state index is 14.4. The molecule has 1 aliphatic rings. The van der Waals surface area contributed by atoms with Crippen LogP contribution in [0, 0.1) is 12.7 Å². The summed E-state index contributed by atoms with van der Waals surface area (Å²) in [6.45, 7) is 1.85. The van der Waals surface area contributed by atoms with E-state index < -0.39 is 0 Å². The number of nitrogens with zero attached hydrogens (tertiary/aromatic N) is 3. The van der Waals surface area contributed by atoms with Crippen molar-refractivity contribution in [3.63, 3.8) is 0 Å². The minimum atomic E-state index is -0.320. The highest BCUT2D eigenvalue weighted by Crippen LogP contribution is 2.43. The second kappa shape index (κ2) is 8.92. The number of hydrogen-bond acceptors (Lipinski definition) is 6. The maximum Gasteiger partial charge on any atom is 0.157 e. The zero-order valence-corrected chi connectivity index (χ0v) is 18.9. The van der Waals surface area contributed by atoms with Crippen molar-refractivity contribution >= 4 is 57.9 Å². The Morgan fingerprint density at radius 3 is 2.77 bits per heavy atom. The molecule has 5 rings (SSSR count). The summed E-state index contributed by atoms with van der Waals surface area (Å²) >= 11 is 12.7. The van der Waals surface area contributed by atoms with Crippen molar-refractivity contribution < 1.29 is 9.50 Å². The number of aliphatic hydroxyl groups is 1. The number of rotatable bonds is 3. The molecule has 0 radical (unpaired) electrons. The maximum atomic E-state index is 14.4. The molecule has 0 aliphatic carbocycles. The van der Waals surface area contributed by atoms with Crippen LogP contribution in [0.2, 0.25) is 10.0 Å². The average molecular weight is 478 g/mol. The van der Waals surface area contributed by atoms with Gasteiger partial charge in [-0.2, -0.15) is 0 Å². The van der Waals surface area contributed by atoms with Crippen LogP contribution >= 0.6 is 35.1 Å². The highest BCUT2D eigenvalue weighted by molar-refractivity contribution is 7.99. The van der Waals surface area contributed by atoms with Crippen LogP contribution in [0.15, 0.2) is 42.7 Å². The van der Waals surface area contributed by atoms with E-state index >= 15 is 0 Å². The van der Waals surface area contributed by atoms with E-state index in [0.717, 1.165) is 22.6 Å². The van der Waals surface area contributed by atoms with E-state index in [9.17, 15) is 4.39 Å². The molecule has 0 saturated carbocycles. The molecule has 0 bridgehead atoms. The lowest BCUT2D eigenvalue weighted by Crippen LogP contribution is -2.06. The van der Waals surface area contributed by atoms with Crippen LogP contribution in [0.1, 0.15) is 11.4 Å². The molecule has 31 heavy (non-hydrogen) atoms. The molecular weight excluding hydrogens is 460 g/mol. The van der Waals surface area contributed by atoms with Crippen LogP contribution in [0.4, 0.5) is 21.6 Å². The van der Waals surface area contributed by atoms with E-state index in [2.05, 4.69) is 20.0 Å². The Morgan fingerprint density at radius 2 is 2.06 bits per heavy atom. The third-order valence-electron chi connectivity index (χ3n) is 4.72. The second-order valence-electron chi connectivity index (χ2n) is 6.71. The predicted molar refractivity (Wildman–Crippen MR) is 126 cm³/mol. The first-order valence-corrected chi connectivity index (χ1v) is 11.2. The van der Waals surface area contributed by atoms with Crippen molar-refractivity contribution in [1.82, 2.24) is 14.4 Å². The van der Waals surface area contributed by atoms with Gasteiger partial charge in [0.1, 0.15) is 22.9 Å². The fourth-order valence-corrected chi connectivity index (χ4v) is 4.07. The monoisotopic (exact) mass is 477 g/mol. The quantitative estimate of drug-likeness (QED) is 0.273. The summed E-state index contributed by atoms with van der Waals surface area (Å²) < 4.78 is 19.4.